The lowest BCUT2D eigenvalue weighted by atomic mass is 10.1. The van der Waals surface area contributed by atoms with E-state index in [0.717, 1.165) is 38.2 Å². The predicted molar refractivity (Wildman–Crippen MR) is 83.9 cm³/mol. The van der Waals surface area contributed by atoms with Gasteiger partial charge in [0, 0.05) is 44.7 Å². The highest BCUT2D eigenvalue weighted by molar-refractivity contribution is 5.80. The van der Waals surface area contributed by atoms with Crippen LogP contribution in [0.4, 0.5) is 4.39 Å². The molecule has 4 nitrogen and oxygen atoms in total. The van der Waals surface area contributed by atoms with Crippen molar-refractivity contribution in [1.29, 1.82) is 0 Å². The molecular formula is C17H24FN3O. The summed E-state index contributed by atoms with van der Waals surface area (Å²) in [6, 6.07) is 7.39. The van der Waals surface area contributed by atoms with Crippen molar-refractivity contribution in [2.75, 3.05) is 33.7 Å². The zero-order valence-electron chi connectivity index (χ0n) is 13.3. The Balaban J connectivity index is 1.65. The van der Waals surface area contributed by atoms with Crippen molar-refractivity contribution < 1.29 is 9.18 Å². The zero-order valence-corrected chi connectivity index (χ0v) is 13.3. The summed E-state index contributed by atoms with van der Waals surface area (Å²) in [5.74, 6) is 0.0733. The lowest BCUT2D eigenvalue weighted by Crippen LogP contribution is -2.40. The Bertz CT molecular complexity index is 548. The summed E-state index contributed by atoms with van der Waals surface area (Å²) in [5.41, 5.74) is 0.986. The van der Waals surface area contributed by atoms with Gasteiger partial charge in [0.1, 0.15) is 5.82 Å². The van der Waals surface area contributed by atoms with Gasteiger partial charge in [-0.2, -0.15) is 0 Å². The molecule has 1 amide bonds. The normalized spacial score (nSPS) is 25.3. The van der Waals surface area contributed by atoms with Crippen LogP contribution in [0.2, 0.25) is 0 Å². The van der Waals surface area contributed by atoms with Crippen LogP contribution in [0.25, 0.3) is 0 Å². The Hall–Kier alpha value is -1.46. The second kappa shape index (κ2) is 6.34. The van der Waals surface area contributed by atoms with E-state index in [1.54, 1.807) is 12.1 Å². The third-order valence-electron chi connectivity index (χ3n) is 4.79. The minimum Gasteiger partial charge on any atom is -0.337 e. The molecule has 2 fully saturated rings. The number of likely N-dealkylation sites (tertiary alicyclic amines) is 2. The molecule has 0 radical (unpaired) electrons. The number of hydrogen-bond acceptors (Lipinski definition) is 3. The van der Waals surface area contributed by atoms with E-state index in [0.29, 0.717) is 12.5 Å². The topological polar surface area (TPSA) is 26.8 Å². The molecule has 0 bridgehead atoms. The number of amides is 1. The summed E-state index contributed by atoms with van der Waals surface area (Å²) < 4.78 is 13.3. The Kier molecular flexibility index (Phi) is 4.45. The first kappa shape index (κ1) is 15.4. The first-order valence-electron chi connectivity index (χ1n) is 7.97. The SMILES string of the molecule is CN(C)CCN1C(=O)C[C@@H]2[C@@H]1CCN2Cc1cccc(F)c1. The molecule has 1 aromatic rings. The van der Waals surface area contributed by atoms with Crippen LogP contribution >= 0.6 is 0 Å². The van der Waals surface area contributed by atoms with E-state index < -0.39 is 0 Å². The second-order valence-electron chi connectivity index (χ2n) is 6.62. The largest absolute Gasteiger partial charge is 0.337 e. The van der Waals surface area contributed by atoms with Crippen LogP contribution in [0, 0.1) is 5.82 Å². The van der Waals surface area contributed by atoms with Crippen LogP contribution < -0.4 is 0 Å². The van der Waals surface area contributed by atoms with Gasteiger partial charge in [0.15, 0.2) is 0 Å². The molecule has 5 heteroatoms. The number of nitrogens with zero attached hydrogens (tertiary/aromatic N) is 3. The Labute approximate surface area is 131 Å². The maximum absolute atomic E-state index is 13.3. The fourth-order valence-electron chi connectivity index (χ4n) is 3.67. The predicted octanol–water partition coefficient (Wildman–Crippen LogP) is 1.56. The van der Waals surface area contributed by atoms with E-state index in [1.165, 1.54) is 6.07 Å². The van der Waals surface area contributed by atoms with E-state index >= 15 is 0 Å². The monoisotopic (exact) mass is 305 g/mol. The highest BCUT2D eigenvalue weighted by atomic mass is 19.1. The van der Waals surface area contributed by atoms with E-state index in [4.69, 9.17) is 0 Å². The Morgan fingerprint density at radius 3 is 2.86 bits per heavy atom. The van der Waals surface area contributed by atoms with E-state index in [9.17, 15) is 9.18 Å². The standard InChI is InChI=1S/C17H24FN3O/c1-19(2)8-9-21-15-6-7-20(16(15)11-17(21)22)12-13-4-3-5-14(18)10-13/h3-5,10,15-16H,6-9,11-12H2,1-2H3/t15-,16+/m0/s1. The van der Waals surface area contributed by atoms with Gasteiger partial charge in [0.25, 0.3) is 0 Å². The van der Waals surface area contributed by atoms with Crippen molar-refractivity contribution in [2.45, 2.75) is 31.5 Å². The molecule has 2 heterocycles. The third kappa shape index (κ3) is 3.15. The zero-order chi connectivity index (χ0) is 15.7. The smallest absolute Gasteiger partial charge is 0.224 e. The van der Waals surface area contributed by atoms with Gasteiger partial charge in [0.2, 0.25) is 5.91 Å². The molecule has 0 N–H and O–H groups in total. The minimum absolute atomic E-state index is 0.191. The van der Waals surface area contributed by atoms with E-state index in [-0.39, 0.29) is 17.8 Å². The van der Waals surface area contributed by atoms with Crippen LogP contribution in [-0.2, 0) is 11.3 Å². The number of rotatable bonds is 5. The highest BCUT2D eigenvalue weighted by Gasteiger charge is 2.46. The van der Waals surface area contributed by atoms with Gasteiger partial charge in [-0.05, 0) is 38.2 Å². The second-order valence-corrected chi connectivity index (χ2v) is 6.62. The fourth-order valence-corrected chi connectivity index (χ4v) is 3.67. The van der Waals surface area contributed by atoms with Crippen LogP contribution in [0.1, 0.15) is 18.4 Å². The number of carbonyl (C=O) groups excluding carboxylic acids is 1. The van der Waals surface area contributed by atoms with E-state index in [1.807, 2.05) is 20.2 Å². The van der Waals surface area contributed by atoms with Crippen molar-refractivity contribution in [3.8, 4) is 0 Å². The lowest BCUT2D eigenvalue weighted by molar-refractivity contribution is -0.129. The summed E-state index contributed by atoms with van der Waals surface area (Å²) in [6.45, 7) is 3.42. The minimum atomic E-state index is -0.191. The quantitative estimate of drug-likeness (QED) is 0.826. The molecule has 0 aromatic heterocycles. The van der Waals surface area contributed by atoms with Crippen LogP contribution in [-0.4, -0.2) is 66.4 Å². The fraction of sp³-hybridized carbons (Fsp3) is 0.588. The lowest BCUT2D eigenvalue weighted by Gasteiger charge is -2.26. The molecule has 22 heavy (non-hydrogen) atoms. The summed E-state index contributed by atoms with van der Waals surface area (Å²) in [4.78, 5) is 18.8. The number of hydrogen-bond donors (Lipinski definition) is 0. The first-order valence-corrected chi connectivity index (χ1v) is 7.97. The molecule has 0 saturated carbocycles. The summed E-state index contributed by atoms with van der Waals surface area (Å²) in [7, 11) is 4.06. The van der Waals surface area contributed by atoms with Crippen LogP contribution in [0.15, 0.2) is 24.3 Å². The average molecular weight is 305 g/mol. The van der Waals surface area contributed by atoms with Crippen molar-refractivity contribution in [3.05, 3.63) is 35.6 Å². The molecule has 2 aliphatic heterocycles. The molecule has 2 atom stereocenters. The summed E-state index contributed by atoms with van der Waals surface area (Å²) >= 11 is 0. The number of halogens is 1. The van der Waals surface area contributed by atoms with Gasteiger partial charge in [-0.3, -0.25) is 9.69 Å². The molecule has 120 valence electrons. The molecular weight excluding hydrogens is 281 g/mol. The molecule has 2 saturated heterocycles. The summed E-state index contributed by atoms with van der Waals surface area (Å²) in [6.07, 6.45) is 1.63. The maximum Gasteiger partial charge on any atom is 0.224 e. The third-order valence-corrected chi connectivity index (χ3v) is 4.79. The average Bonchev–Trinajstić information content (AvgIpc) is 2.96. The molecule has 0 aliphatic carbocycles. The van der Waals surface area contributed by atoms with Crippen molar-refractivity contribution in [1.82, 2.24) is 14.7 Å². The Morgan fingerprint density at radius 1 is 1.32 bits per heavy atom. The van der Waals surface area contributed by atoms with E-state index in [2.05, 4.69) is 14.7 Å². The number of benzene rings is 1. The number of fused-ring (bicyclic) bond motifs is 1. The number of carbonyl (C=O) groups is 1. The molecule has 1 aromatic carbocycles. The molecule has 0 unspecified atom stereocenters. The van der Waals surface area contributed by atoms with Gasteiger partial charge >= 0.3 is 0 Å². The van der Waals surface area contributed by atoms with Crippen molar-refractivity contribution in [3.63, 3.8) is 0 Å². The van der Waals surface area contributed by atoms with Crippen LogP contribution in [0.3, 0.4) is 0 Å². The first-order chi connectivity index (χ1) is 10.5. The van der Waals surface area contributed by atoms with Crippen molar-refractivity contribution in [2.24, 2.45) is 0 Å². The molecule has 0 spiro atoms. The van der Waals surface area contributed by atoms with Gasteiger partial charge < -0.3 is 9.80 Å². The van der Waals surface area contributed by atoms with Gasteiger partial charge in [-0.15, -0.1) is 0 Å². The highest BCUT2D eigenvalue weighted by Crippen LogP contribution is 2.33. The Morgan fingerprint density at radius 2 is 2.14 bits per heavy atom. The summed E-state index contributed by atoms with van der Waals surface area (Å²) in [5, 5.41) is 0. The van der Waals surface area contributed by atoms with Gasteiger partial charge in [-0.1, -0.05) is 12.1 Å². The van der Waals surface area contributed by atoms with Gasteiger partial charge in [0.05, 0.1) is 0 Å². The van der Waals surface area contributed by atoms with Gasteiger partial charge in [-0.25, -0.2) is 4.39 Å². The maximum atomic E-state index is 13.3. The number of likely N-dealkylation sites (N-methyl/N-ethyl adjacent to an activating group) is 1. The molecule has 2 aliphatic rings. The van der Waals surface area contributed by atoms with Crippen LogP contribution in [0.5, 0.6) is 0 Å². The molecule has 3 rings (SSSR count). The van der Waals surface area contributed by atoms with Crippen molar-refractivity contribution >= 4 is 5.91 Å².